The van der Waals surface area contributed by atoms with Crippen molar-refractivity contribution < 1.29 is 9.18 Å². The lowest BCUT2D eigenvalue weighted by Gasteiger charge is -2.04. The highest BCUT2D eigenvalue weighted by Crippen LogP contribution is 2.16. The summed E-state index contributed by atoms with van der Waals surface area (Å²) in [6.07, 6.45) is 1.67. The van der Waals surface area contributed by atoms with Gasteiger partial charge in [0.15, 0.2) is 0 Å². The summed E-state index contributed by atoms with van der Waals surface area (Å²) >= 11 is 8.89. The number of carbonyl (C=O) groups is 1. The molecule has 0 aliphatic rings. The summed E-state index contributed by atoms with van der Waals surface area (Å²) in [6, 6.07) is 6.01. The van der Waals surface area contributed by atoms with Crippen LogP contribution in [-0.2, 0) is 6.54 Å². The van der Waals surface area contributed by atoms with Crippen molar-refractivity contribution in [2.45, 2.75) is 6.54 Å². The molecule has 1 amide bonds. The fourth-order valence-electron chi connectivity index (χ4n) is 1.43. The number of H-pyrrole nitrogens is 1. The van der Waals surface area contributed by atoms with Gasteiger partial charge in [-0.3, -0.25) is 4.79 Å². The Morgan fingerprint density at radius 1 is 1.44 bits per heavy atom. The minimum atomic E-state index is -0.472. The first kappa shape index (κ1) is 13.1. The average molecular weight is 332 g/mol. The summed E-state index contributed by atoms with van der Waals surface area (Å²) in [5, 5.41) is 2.75. The molecule has 0 saturated carbocycles. The van der Waals surface area contributed by atoms with E-state index in [-0.39, 0.29) is 17.5 Å². The van der Waals surface area contributed by atoms with Gasteiger partial charge in [0.1, 0.15) is 11.5 Å². The van der Waals surface area contributed by atoms with Gasteiger partial charge < -0.3 is 10.3 Å². The number of nitrogens with one attached hydrogen (secondary N) is 2. The van der Waals surface area contributed by atoms with E-state index in [9.17, 15) is 9.18 Å². The van der Waals surface area contributed by atoms with E-state index in [0.717, 1.165) is 10.0 Å². The van der Waals surface area contributed by atoms with Crippen molar-refractivity contribution in [3.63, 3.8) is 0 Å². The Morgan fingerprint density at radius 2 is 2.22 bits per heavy atom. The second kappa shape index (κ2) is 5.54. The maximum absolute atomic E-state index is 12.9. The Hall–Kier alpha value is -1.33. The number of aromatic amines is 1. The molecule has 0 bridgehead atoms. The molecule has 0 fully saturated rings. The number of halogens is 3. The van der Waals surface area contributed by atoms with Gasteiger partial charge in [0.05, 0.1) is 5.02 Å². The van der Waals surface area contributed by atoms with Gasteiger partial charge in [0.25, 0.3) is 5.91 Å². The Bertz CT molecular complexity index is 585. The molecule has 18 heavy (non-hydrogen) atoms. The molecule has 0 saturated heterocycles. The van der Waals surface area contributed by atoms with Gasteiger partial charge in [-0.1, -0.05) is 17.7 Å². The fourth-order valence-corrected chi connectivity index (χ4v) is 1.97. The van der Waals surface area contributed by atoms with Crippen LogP contribution in [0.15, 0.2) is 34.9 Å². The molecule has 0 radical (unpaired) electrons. The first-order valence-electron chi connectivity index (χ1n) is 5.12. The molecule has 0 unspecified atom stereocenters. The van der Waals surface area contributed by atoms with E-state index in [2.05, 4.69) is 26.2 Å². The van der Waals surface area contributed by atoms with Crippen molar-refractivity contribution in [3.05, 3.63) is 57.0 Å². The van der Waals surface area contributed by atoms with Crippen LogP contribution in [0.25, 0.3) is 0 Å². The smallest absolute Gasteiger partial charge is 0.267 e. The van der Waals surface area contributed by atoms with E-state index in [1.165, 1.54) is 12.1 Å². The van der Waals surface area contributed by atoms with E-state index in [1.54, 1.807) is 18.3 Å². The number of hydrogen-bond donors (Lipinski definition) is 2. The first-order valence-corrected chi connectivity index (χ1v) is 6.29. The molecular formula is C12H9BrClFN2O. The van der Waals surface area contributed by atoms with Crippen LogP contribution >= 0.6 is 27.5 Å². The largest absolute Gasteiger partial charge is 0.356 e. The second-order valence-corrected chi connectivity index (χ2v) is 4.99. The first-order chi connectivity index (χ1) is 8.56. The summed E-state index contributed by atoms with van der Waals surface area (Å²) in [7, 11) is 0. The molecule has 2 N–H and O–H groups in total. The lowest BCUT2D eigenvalue weighted by molar-refractivity contribution is 0.0946. The number of benzene rings is 1. The standard InChI is InChI=1S/C12H9BrClFN2O/c13-8-4-11(16-6-8)12(18)17-5-7-1-2-10(15)9(14)3-7/h1-4,6,16H,5H2,(H,17,18). The normalized spacial score (nSPS) is 10.4. The number of amides is 1. The molecule has 0 aliphatic carbocycles. The van der Waals surface area contributed by atoms with Crippen LogP contribution in [-0.4, -0.2) is 10.9 Å². The molecule has 2 rings (SSSR count). The van der Waals surface area contributed by atoms with E-state index >= 15 is 0 Å². The molecule has 1 aromatic heterocycles. The van der Waals surface area contributed by atoms with Crippen LogP contribution in [0.2, 0.25) is 5.02 Å². The predicted octanol–water partition coefficient (Wildman–Crippen LogP) is 3.50. The Kier molecular flexibility index (Phi) is 4.04. The van der Waals surface area contributed by atoms with E-state index in [0.29, 0.717) is 5.69 Å². The zero-order valence-corrected chi connectivity index (χ0v) is 11.5. The van der Waals surface area contributed by atoms with Crippen molar-refractivity contribution in [2.75, 3.05) is 0 Å². The number of rotatable bonds is 3. The predicted molar refractivity (Wildman–Crippen MR) is 71.1 cm³/mol. The molecular weight excluding hydrogens is 322 g/mol. The van der Waals surface area contributed by atoms with Crippen LogP contribution in [0.4, 0.5) is 4.39 Å². The zero-order chi connectivity index (χ0) is 13.1. The van der Waals surface area contributed by atoms with Crippen molar-refractivity contribution in [2.24, 2.45) is 0 Å². The SMILES string of the molecule is O=C(NCc1ccc(F)c(Cl)c1)c1cc(Br)c[nH]1. The van der Waals surface area contributed by atoms with Gasteiger partial charge in [-0.2, -0.15) is 0 Å². The van der Waals surface area contributed by atoms with Crippen molar-refractivity contribution >= 4 is 33.4 Å². The molecule has 1 heterocycles. The molecule has 94 valence electrons. The summed E-state index contributed by atoms with van der Waals surface area (Å²) in [5.41, 5.74) is 1.19. The Balaban J connectivity index is 1.99. The molecule has 3 nitrogen and oxygen atoms in total. The third-order valence-corrected chi connectivity index (χ3v) is 3.08. The third kappa shape index (κ3) is 3.11. The van der Waals surface area contributed by atoms with Crippen LogP contribution in [0.3, 0.4) is 0 Å². The number of hydrogen-bond acceptors (Lipinski definition) is 1. The van der Waals surface area contributed by atoms with Crippen molar-refractivity contribution in [1.29, 1.82) is 0 Å². The number of carbonyl (C=O) groups excluding carboxylic acids is 1. The van der Waals surface area contributed by atoms with Crippen molar-refractivity contribution in [3.8, 4) is 0 Å². The Morgan fingerprint density at radius 3 is 2.83 bits per heavy atom. The van der Waals surface area contributed by atoms with Crippen LogP contribution in [0, 0.1) is 5.82 Å². The van der Waals surface area contributed by atoms with Gasteiger partial charge >= 0.3 is 0 Å². The van der Waals surface area contributed by atoms with E-state index < -0.39 is 5.82 Å². The highest BCUT2D eigenvalue weighted by atomic mass is 79.9. The second-order valence-electron chi connectivity index (χ2n) is 3.66. The van der Waals surface area contributed by atoms with Gasteiger partial charge in [-0.25, -0.2) is 4.39 Å². The molecule has 0 aliphatic heterocycles. The van der Waals surface area contributed by atoms with E-state index in [4.69, 9.17) is 11.6 Å². The minimum Gasteiger partial charge on any atom is -0.356 e. The van der Waals surface area contributed by atoms with Gasteiger partial charge in [0.2, 0.25) is 0 Å². The lowest BCUT2D eigenvalue weighted by atomic mass is 10.2. The summed E-state index contributed by atoms with van der Waals surface area (Å²) in [5.74, 6) is -0.707. The van der Waals surface area contributed by atoms with Crippen molar-refractivity contribution in [1.82, 2.24) is 10.3 Å². The van der Waals surface area contributed by atoms with Crippen LogP contribution in [0.1, 0.15) is 16.1 Å². The monoisotopic (exact) mass is 330 g/mol. The lowest BCUT2D eigenvalue weighted by Crippen LogP contribution is -2.23. The third-order valence-electron chi connectivity index (χ3n) is 2.33. The molecule has 6 heteroatoms. The van der Waals surface area contributed by atoms with Crippen LogP contribution in [0.5, 0.6) is 0 Å². The zero-order valence-electron chi connectivity index (χ0n) is 9.14. The number of aromatic nitrogens is 1. The quantitative estimate of drug-likeness (QED) is 0.888. The van der Waals surface area contributed by atoms with Crippen LogP contribution < -0.4 is 5.32 Å². The topological polar surface area (TPSA) is 44.9 Å². The van der Waals surface area contributed by atoms with Gasteiger partial charge in [-0.15, -0.1) is 0 Å². The molecule has 1 aromatic carbocycles. The highest BCUT2D eigenvalue weighted by molar-refractivity contribution is 9.10. The molecule has 2 aromatic rings. The summed E-state index contributed by atoms with van der Waals surface area (Å²) in [6.45, 7) is 0.287. The fraction of sp³-hybridized carbons (Fsp3) is 0.0833. The summed E-state index contributed by atoms with van der Waals surface area (Å²) < 4.78 is 13.7. The minimum absolute atomic E-state index is 0.0457. The maximum atomic E-state index is 12.9. The average Bonchev–Trinajstić information content (AvgIpc) is 2.77. The highest BCUT2D eigenvalue weighted by Gasteiger charge is 2.08. The van der Waals surface area contributed by atoms with E-state index in [1.807, 2.05) is 0 Å². The van der Waals surface area contributed by atoms with Gasteiger partial charge in [-0.05, 0) is 39.7 Å². The molecule has 0 atom stereocenters. The maximum Gasteiger partial charge on any atom is 0.267 e. The van der Waals surface area contributed by atoms with Gasteiger partial charge in [0, 0.05) is 17.2 Å². The summed E-state index contributed by atoms with van der Waals surface area (Å²) in [4.78, 5) is 14.5. The molecule has 0 spiro atoms. The Labute approximate surface area is 116 Å².